The van der Waals surface area contributed by atoms with Crippen LogP contribution in [0.3, 0.4) is 0 Å². The van der Waals surface area contributed by atoms with Gasteiger partial charge in [-0.05, 0) is 24.6 Å². The molecule has 2 rings (SSSR count). The van der Waals surface area contributed by atoms with Gasteiger partial charge in [-0.3, -0.25) is 19.3 Å². The average molecular weight is 354 g/mol. The fourth-order valence-electron chi connectivity index (χ4n) is 2.04. The molecule has 0 spiro atoms. The van der Waals surface area contributed by atoms with Gasteiger partial charge in [0.15, 0.2) is 6.61 Å². The number of nitrogens with zero attached hydrogens (tertiary/aromatic N) is 1. The second-order valence-electron chi connectivity index (χ2n) is 5.03. The molecule has 1 aliphatic rings. The Morgan fingerprint density at radius 3 is 2.79 bits per heavy atom. The van der Waals surface area contributed by atoms with E-state index in [0.29, 0.717) is 10.7 Å². The summed E-state index contributed by atoms with van der Waals surface area (Å²) < 4.78 is 4.84. The third-order valence-electron chi connectivity index (χ3n) is 3.17. The average Bonchev–Trinajstić information content (AvgIpc) is 2.85. The van der Waals surface area contributed by atoms with Crippen molar-refractivity contribution in [3.63, 3.8) is 0 Å². The summed E-state index contributed by atoms with van der Waals surface area (Å²) in [5, 5.41) is 5.40. The Kier molecular flexibility index (Phi) is 6.14. The van der Waals surface area contributed by atoms with Crippen LogP contribution in [0.5, 0.6) is 0 Å². The van der Waals surface area contributed by atoms with Gasteiger partial charge >= 0.3 is 12.0 Å². The monoisotopic (exact) mass is 353 g/mol. The first-order valence-corrected chi connectivity index (χ1v) is 7.63. The lowest BCUT2D eigenvalue weighted by Crippen LogP contribution is -2.32. The lowest BCUT2D eigenvalue weighted by atomic mass is 10.3. The molecule has 0 saturated carbocycles. The highest BCUT2D eigenvalue weighted by molar-refractivity contribution is 6.30. The summed E-state index contributed by atoms with van der Waals surface area (Å²) >= 11 is 5.79. The highest BCUT2D eigenvalue weighted by Gasteiger charge is 2.27. The largest absolute Gasteiger partial charge is 0.456 e. The number of ether oxygens (including phenoxy) is 1. The van der Waals surface area contributed by atoms with Gasteiger partial charge in [0.1, 0.15) is 0 Å². The number of carbonyl (C=O) groups excluding carboxylic acids is 4. The van der Waals surface area contributed by atoms with Crippen molar-refractivity contribution in [1.82, 2.24) is 10.2 Å². The molecule has 0 bridgehead atoms. The molecule has 8 nitrogen and oxygen atoms in total. The number of benzene rings is 1. The summed E-state index contributed by atoms with van der Waals surface area (Å²) in [6.07, 6.45) is 0.273. The number of carbonyl (C=O) groups is 4. The third-order valence-corrected chi connectivity index (χ3v) is 3.41. The molecular formula is C15H16ClN3O5. The maximum Gasteiger partial charge on any atom is 0.324 e. The van der Waals surface area contributed by atoms with Gasteiger partial charge in [0.05, 0.1) is 6.54 Å². The molecule has 1 heterocycles. The minimum atomic E-state index is -0.580. The van der Waals surface area contributed by atoms with E-state index in [0.717, 1.165) is 4.90 Å². The molecule has 0 aromatic heterocycles. The zero-order valence-corrected chi connectivity index (χ0v) is 13.5. The number of hydrogen-bond acceptors (Lipinski definition) is 5. The predicted octanol–water partition coefficient (Wildman–Crippen LogP) is 1.15. The topological polar surface area (TPSA) is 105 Å². The quantitative estimate of drug-likeness (QED) is 0.565. The van der Waals surface area contributed by atoms with Crippen molar-refractivity contribution in [3.8, 4) is 0 Å². The van der Waals surface area contributed by atoms with Crippen LogP contribution in [0.25, 0.3) is 0 Å². The molecule has 4 amide bonds. The van der Waals surface area contributed by atoms with Crippen molar-refractivity contribution in [2.75, 3.05) is 25.0 Å². The Bertz CT molecular complexity index is 648. The molecule has 1 aromatic carbocycles. The van der Waals surface area contributed by atoms with Crippen LogP contribution in [0.1, 0.15) is 12.8 Å². The zero-order chi connectivity index (χ0) is 17.5. The molecule has 9 heteroatoms. The van der Waals surface area contributed by atoms with Crippen LogP contribution in [-0.2, 0) is 19.1 Å². The van der Waals surface area contributed by atoms with E-state index in [1.807, 2.05) is 0 Å². The van der Waals surface area contributed by atoms with Crippen molar-refractivity contribution in [3.05, 3.63) is 29.3 Å². The minimum Gasteiger partial charge on any atom is -0.456 e. The van der Waals surface area contributed by atoms with Gasteiger partial charge in [0.25, 0.3) is 5.91 Å². The smallest absolute Gasteiger partial charge is 0.324 e. The number of imide groups is 1. The van der Waals surface area contributed by atoms with E-state index >= 15 is 0 Å². The van der Waals surface area contributed by atoms with E-state index in [2.05, 4.69) is 10.6 Å². The number of urea groups is 1. The number of rotatable bonds is 7. The van der Waals surface area contributed by atoms with E-state index in [9.17, 15) is 19.2 Å². The third kappa shape index (κ3) is 5.24. The number of esters is 1. The van der Waals surface area contributed by atoms with E-state index in [4.69, 9.17) is 16.3 Å². The van der Waals surface area contributed by atoms with Gasteiger partial charge in [-0.1, -0.05) is 17.7 Å². The first kappa shape index (κ1) is 17.7. The minimum absolute atomic E-state index is 0.00149. The fraction of sp³-hybridized carbons (Fsp3) is 0.333. The van der Waals surface area contributed by atoms with Crippen molar-refractivity contribution < 1.29 is 23.9 Å². The second-order valence-corrected chi connectivity index (χ2v) is 5.46. The van der Waals surface area contributed by atoms with Crippen LogP contribution >= 0.6 is 11.6 Å². The van der Waals surface area contributed by atoms with E-state index in [-0.39, 0.29) is 31.8 Å². The maximum absolute atomic E-state index is 11.7. The van der Waals surface area contributed by atoms with Crippen LogP contribution in [0.2, 0.25) is 5.02 Å². The molecule has 2 N–H and O–H groups in total. The predicted molar refractivity (Wildman–Crippen MR) is 85.4 cm³/mol. The lowest BCUT2D eigenvalue weighted by molar-refractivity contribution is -0.147. The summed E-state index contributed by atoms with van der Waals surface area (Å²) in [6.45, 7) is -0.310. The Hall–Kier alpha value is -2.61. The summed E-state index contributed by atoms with van der Waals surface area (Å²) in [4.78, 5) is 46.9. The Morgan fingerprint density at radius 2 is 2.12 bits per heavy atom. The number of hydrogen-bond donors (Lipinski definition) is 2. The molecular weight excluding hydrogens is 338 g/mol. The van der Waals surface area contributed by atoms with Crippen LogP contribution in [0.15, 0.2) is 24.3 Å². The Labute approximate surface area is 143 Å². The zero-order valence-electron chi connectivity index (χ0n) is 12.7. The molecule has 128 valence electrons. The standard InChI is InChI=1S/C15H16ClN3O5/c16-10-3-1-4-11(7-10)18-12(20)9-24-14(22)5-2-6-19-13(21)8-17-15(19)23/h1,3-4,7H,2,5-6,8-9H2,(H,17,23)(H,18,20). The normalized spacial score (nSPS) is 13.6. The van der Waals surface area contributed by atoms with E-state index in [1.54, 1.807) is 24.3 Å². The van der Waals surface area contributed by atoms with Crippen LogP contribution in [0, 0.1) is 0 Å². The highest BCUT2D eigenvalue weighted by atomic mass is 35.5. The van der Waals surface area contributed by atoms with Gasteiger partial charge in [0.2, 0.25) is 5.91 Å². The van der Waals surface area contributed by atoms with E-state index < -0.39 is 24.5 Å². The first-order valence-electron chi connectivity index (χ1n) is 7.25. The van der Waals surface area contributed by atoms with Crippen LogP contribution in [0.4, 0.5) is 10.5 Å². The lowest BCUT2D eigenvalue weighted by Gasteiger charge is -2.11. The summed E-state index contributed by atoms with van der Waals surface area (Å²) in [6, 6.07) is 6.11. The van der Waals surface area contributed by atoms with Gasteiger partial charge in [-0.2, -0.15) is 0 Å². The number of halogens is 1. The van der Waals surface area contributed by atoms with Crippen molar-refractivity contribution in [2.45, 2.75) is 12.8 Å². The Morgan fingerprint density at radius 1 is 1.33 bits per heavy atom. The molecule has 0 unspecified atom stereocenters. The van der Waals surface area contributed by atoms with Crippen LogP contribution < -0.4 is 10.6 Å². The first-order chi connectivity index (χ1) is 11.5. The van der Waals surface area contributed by atoms with Crippen molar-refractivity contribution in [2.24, 2.45) is 0 Å². The number of amides is 4. The van der Waals surface area contributed by atoms with Gasteiger partial charge in [0, 0.05) is 23.7 Å². The van der Waals surface area contributed by atoms with Gasteiger partial charge < -0.3 is 15.4 Å². The van der Waals surface area contributed by atoms with E-state index in [1.165, 1.54) is 0 Å². The molecule has 0 atom stereocenters. The molecule has 24 heavy (non-hydrogen) atoms. The Balaban J connectivity index is 1.65. The highest BCUT2D eigenvalue weighted by Crippen LogP contribution is 2.14. The van der Waals surface area contributed by atoms with Crippen molar-refractivity contribution in [1.29, 1.82) is 0 Å². The summed E-state index contributed by atoms with van der Waals surface area (Å²) in [7, 11) is 0. The summed E-state index contributed by atoms with van der Waals surface area (Å²) in [5.41, 5.74) is 0.502. The molecule has 0 radical (unpaired) electrons. The SMILES string of the molecule is O=C(COC(=O)CCCN1C(=O)CNC1=O)Nc1cccc(Cl)c1. The molecule has 1 aliphatic heterocycles. The van der Waals surface area contributed by atoms with Crippen molar-refractivity contribution >= 4 is 41.1 Å². The van der Waals surface area contributed by atoms with Crippen LogP contribution in [-0.4, -0.2) is 48.4 Å². The van der Waals surface area contributed by atoms with Gasteiger partial charge in [-0.15, -0.1) is 0 Å². The molecule has 1 saturated heterocycles. The summed E-state index contributed by atoms with van der Waals surface area (Å²) in [5.74, 6) is -1.39. The number of nitrogens with one attached hydrogen (secondary N) is 2. The van der Waals surface area contributed by atoms with Gasteiger partial charge in [-0.25, -0.2) is 4.79 Å². The molecule has 0 aliphatic carbocycles. The maximum atomic E-state index is 11.7. The second kappa shape index (κ2) is 8.30. The molecule has 1 aromatic rings. The number of anilines is 1. The fourth-order valence-corrected chi connectivity index (χ4v) is 2.23. The molecule has 1 fully saturated rings.